The lowest BCUT2D eigenvalue weighted by Crippen LogP contribution is -2.56. The van der Waals surface area contributed by atoms with Gasteiger partial charge in [-0.2, -0.15) is 0 Å². The number of hydrogen-bond acceptors (Lipinski definition) is 4. The van der Waals surface area contributed by atoms with Gasteiger partial charge in [0.15, 0.2) is 0 Å². The summed E-state index contributed by atoms with van der Waals surface area (Å²) in [6.45, 7) is 1.18. The van der Waals surface area contributed by atoms with E-state index in [-0.39, 0.29) is 11.5 Å². The van der Waals surface area contributed by atoms with Gasteiger partial charge in [0.1, 0.15) is 0 Å². The topological polar surface area (TPSA) is 41.6 Å². The van der Waals surface area contributed by atoms with Crippen LogP contribution in [0.4, 0.5) is 0 Å². The third-order valence-electron chi connectivity index (χ3n) is 3.18. The van der Waals surface area contributed by atoms with Gasteiger partial charge >= 0.3 is 5.97 Å². The Labute approximate surface area is 85.6 Å². The molecule has 1 N–H and O–H groups in total. The maximum absolute atomic E-state index is 10.9. The minimum Gasteiger partial charge on any atom is -0.468 e. The smallest absolute Gasteiger partial charge is 0.319 e. The quantitative estimate of drug-likeness (QED) is 0.645. The molecule has 82 valence electrons. The zero-order valence-electron chi connectivity index (χ0n) is 9.30. The van der Waals surface area contributed by atoms with Crippen LogP contribution in [0.1, 0.15) is 19.3 Å². The predicted octanol–water partition coefficient (Wildman–Crippen LogP) is 0.233. The number of esters is 1. The first-order valence-electron chi connectivity index (χ1n) is 5.06. The van der Waals surface area contributed by atoms with E-state index < -0.39 is 0 Å². The molecular weight excluding hydrogens is 180 g/mol. The fourth-order valence-corrected chi connectivity index (χ4v) is 1.84. The average Bonchev–Trinajstić information content (AvgIpc) is 2.08. The molecule has 0 heterocycles. The van der Waals surface area contributed by atoms with Crippen molar-refractivity contribution < 1.29 is 9.53 Å². The minimum absolute atomic E-state index is 0.196. The molecule has 0 unspecified atom stereocenters. The highest BCUT2D eigenvalue weighted by molar-refractivity contribution is 5.71. The molecule has 0 aromatic heterocycles. The van der Waals surface area contributed by atoms with E-state index in [1.54, 1.807) is 0 Å². The van der Waals surface area contributed by atoms with E-state index in [0.717, 1.165) is 6.54 Å². The second kappa shape index (κ2) is 4.75. The van der Waals surface area contributed by atoms with E-state index in [1.165, 1.54) is 26.4 Å². The molecule has 0 amide bonds. The number of nitrogens with zero attached hydrogens (tertiary/aromatic N) is 1. The van der Waals surface area contributed by atoms with Crippen LogP contribution in [0.15, 0.2) is 0 Å². The van der Waals surface area contributed by atoms with Crippen LogP contribution >= 0.6 is 0 Å². The van der Waals surface area contributed by atoms with Crippen molar-refractivity contribution in [1.82, 2.24) is 10.2 Å². The van der Waals surface area contributed by atoms with E-state index in [0.29, 0.717) is 6.54 Å². The highest BCUT2D eigenvalue weighted by atomic mass is 16.5. The number of likely N-dealkylation sites (N-methyl/N-ethyl adjacent to an activating group) is 1. The van der Waals surface area contributed by atoms with Crippen LogP contribution in [0.2, 0.25) is 0 Å². The molecule has 1 fully saturated rings. The van der Waals surface area contributed by atoms with Crippen LogP contribution in [-0.4, -0.2) is 50.7 Å². The highest BCUT2D eigenvalue weighted by Gasteiger charge is 2.38. The second-order valence-electron chi connectivity index (χ2n) is 4.15. The van der Waals surface area contributed by atoms with Crippen LogP contribution in [0.25, 0.3) is 0 Å². The molecule has 4 heteroatoms. The Balaban J connectivity index is 2.25. The van der Waals surface area contributed by atoms with Gasteiger partial charge in [-0.1, -0.05) is 0 Å². The highest BCUT2D eigenvalue weighted by Crippen LogP contribution is 2.35. The van der Waals surface area contributed by atoms with Crippen molar-refractivity contribution in [2.45, 2.75) is 24.8 Å². The lowest BCUT2D eigenvalue weighted by molar-refractivity contribution is -0.139. The summed E-state index contributed by atoms with van der Waals surface area (Å²) < 4.78 is 4.56. The van der Waals surface area contributed by atoms with Gasteiger partial charge in [0.2, 0.25) is 0 Å². The SMILES string of the molecule is COC(=O)CNCC1(N(C)C)CCC1. The molecule has 0 aromatic carbocycles. The zero-order valence-corrected chi connectivity index (χ0v) is 9.30. The van der Waals surface area contributed by atoms with Crippen LogP contribution in [0, 0.1) is 0 Å². The van der Waals surface area contributed by atoms with Crippen molar-refractivity contribution in [3.8, 4) is 0 Å². The molecule has 1 aliphatic carbocycles. The lowest BCUT2D eigenvalue weighted by atomic mass is 9.75. The summed E-state index contributed by atoms with van der Waals surface area (Å²) in [5.41, 5.74) is 0.272. The van der Waals surface area contributed by atoms with E-state index >= 15 is 0 Å². The molecule has 4 nitrogen and oxygen atoms in total. The number of rotatable bonds is 5. The van der Waals surface area contributed by atoms with Crippen molar-refractivity contribution in [3.63, 3.8) is 0 Å². The molecule has 0 aliphatic heterocycles. The second-order valence-corrected chi connectivity index (χ2v) is 4.15. The third kappa shape index (κ3) is 2.45. The van der Waals surface area contributed by atoms with E-state index in [2.05, 4.69) is 29.0 Å². The molecule has 1 aliphatic rings. The molecule has 0 aromatic rings. The summed E-state index contributed by atoms with van der Waals surface area (Å²) in [7, 11) is 5.60. The summed E-state index contributed by atoms with van der Waals surface area (Å²) in [6, 6.07) is 0. The van der Waals surface area contributed by atoms with Crippen molar-refractivity contribution in [1.29, 1.82) is 0 Å². The average molecular weight is 200 g/mol. The first kappa shape index (κ1) is 11.5. The molecule has 0 radical (unpaired) electrons. The summed E-state index contributed by atoms with van der Waals surface area (Å²) in [4.78, 5) is 13.1. The Morgan fingerprint density at radius 3 is 2.50 bits per heavy atom. The number of ether oxygens (including phenoxy) is 1. The Morgan fingerprint density at radius 2 is 2.14 bits per heavy atom. The molecule has 1 saturated carbocycles. The predicted molar refractivity (Wildman–Crippen MR) is 55.2 cm³/mol. The molecule has 0 atom stereocenters. The first-order valence-corrected chi connectivity index (χ1v) is 5.06. The Kier molecular flexibility index (Phi) is 3.89. The van der Waals surface area contributed by atoms with Gasteiger partial charge < -0.3 is 15.0 Å². The fourth-order valence-electron chi connectivity index (χ4n) is 1.84. The Morgan fingerprint density at radius 1 is 1.50 bits per heavy atom. The number of carbonyl (C=O) groups is 1. The normalized spacial score (nSPS) is 19.1. The van der Waals surface area contributed by atoms with Crippen molar-refractivity contribution in [2.24, 2.45) is 0 Å². The fraction of sp³-hybridized carbons (Fsp3) is 0.900. The van der Waals surface area contributed by atoms with Crippen LogP contribution in [-0.2, 0) is 9.53 Å². The Bertz CT molecular complexity index is 200. The number of methoxy groups -OCH3 is 1. The standard InChI is InChI=1S/C10H20N2O2/c1-12(2)10(5-4-6-10)8-11-7-9(13)14-3/h11H,4-8H2,1-3H3. The molecule has 14 heavy (non-hydrogen) atoms. The van der Waals surface area contributed by atoms with Gasteiger partial charge in [0, 0.05) is 12.1 Å². The molecule has 0 bridgehead atoms. The van der Waals surface area contributed by atoms with Gasteiger partial charge in [0.25, 0.3) is 0 Å². The third-order valence-corrected chi connectivity index (χ3v) is 3.18. The van der Waals surface area contributed by atoms with E-state index in [4.69, 9.17) is 0 Å². The maximum Gasteiger partial charge on any atom is 0.319 e. The van der Waals surface area contributed by atoms with Crippen molar-refractivity contribution >= 4 is 5.97 Å². The van der Waals surface area contributed by atoms with Crippen LogP contribution in [0.3, 0.4) is 0 Å². The first-order chi connectivity index (χ1) is 6.60. The van der Waals surface area contributed by atoms with E-state index in [1.807, 2.05) is 0 Å². The summed E-state index contributed by atoms with van der Waals surface area (Å²) in [5, 5.41) is 3.14. The molecule has 1 rings (SSSR count). The van der Waals surface area contributed by atoms with Gasteiger partial charge in [-0.05, 0) is 33.4 Å². The number of hydrogen-bond donors (Lipinski definition) is 1. The number of nitrogens with one attached hydrogen (secondary N) is 1. The summed E-state index contributed by atoms with van der Waals surface area (Å²) >= 11 is 0. The maximum atomic E-state index is 10.9. The summed E-state index contributed by atoms with van der Waals surface area (Å²) in [5.74, 6) is -0.196. The van der Waals surface area contributed by atoms with Crippen molar-refractivity contribution in [2.75, 3.05) is 34.3 Å². The van der Waals surface area contributed by atoms with Gasteiger partial charge in [-0.3, -0.25) is 4.79 Å². The Hall–Kier alpha value is -0.610. The monoisotopic (exact) mass is 200 g/mol. The van der Waals surface area contributed by atoms with Gasteiger partial charge in [-0.25, -0.2) is 0 Å². The molecule has 0 spiro atoms. The molecule has 0 saturated heterocycles. The summed E-state index contributed by atoms with van der Waals surface area (Å²) in [6.07, 6.45) is 3.72. The van der Waals surface area contributed by atoms with Crippen LogP contribution < -0.4 is 5.32 Å². The lowest BCUT2D eigenvalue weighted by Gasteiger charge is -2.47. The van der Waals surface area contributed by atoms with E-state index in [9.17, 15) is 4.79 Å². The van der Waals surface area contributed by atoms with Crippen molar-refractivity contribution in [3.05, 3.63) is 0 Å². The van der Waals surface area contributed by atoms with Crippen LogP contribution in [0.5, 0.6) is 0 Å². The zero-order chi connectivity index (χ0) is 10.6. The largest absolute Gasteiger partial charge is 0.468 e. The minimum atomic E-state index is -0.196. The van der Waals surface area contributed by atoms with Gasteiger partial charge in [-0.15, -0.1) is 0 Å². The number of carbonyl (C=O) groups excluding carboxylic acids is 1. The van der Waals surface area contributed by atoms with Gasteiger partial charge in [0.05, 0.1) is 13.7 Å². The molecular formula is C10H20N2O2.